The molecule has 0 fully saturated rings. The summed E-state index contributed by atoms with van der Waals surface area (Å²) in [5.41, 5.74) is 5.10. The van der Waals surface area contributed by atoms with Gasteiger partial charge in [0.25, 0.3) is 0 Å². The van der Waals surface area contributed by atoms with E-state index in [0.29, 0.717) is 0 Å². The van der Waals surface area contributed by atoms with Crippen LogP contribution in [0.5, 0.6) is 5.75 Å². The van der Waals surface area contributed by atoms with Gasteiger partial charge in [0.15, 0.2) is 11.6 Å². The molecule has 1 rings (SSSR count). The first-order valence-corrected chi connectivity index (χ1v) is 4.57. The molecule has 4 nitrogen and oxygen atoms in total. The highest BCUT2D eigenvalue weighted by molar-refractivity contribution is 5.66. The molecule has 4 N–H and O–H groups in total. The maximum Gasteiger partial charge on any atom is 0.303 e. The lowest BCUT2D eigenvalue weighted by Crippen LogP contribution is -2.15. The molecule has 0 saturated carbocycles. The van der Waals surface area contributed by atoms with Crippen LogP contribution in [0.4, 0.5) is 8.78 Å². The van der Waals surface area contributed by atoms with Crippen LogP contribution < -0.4 is 5.73 Å². The van der Waals surface area contributed by atoms with Gasteiger partial charge in [-0.05, 0) is 18.6 Å². The molecule has 1 unspecified atom stereocenters. The third-order valence-electron chi connectivity index (χ3n) is 2.15. The summed E-state index contributed by atoms with van der Waals surface area (Å²) in [5.74, 6) is -3.93. The summed E-state index contributed by atoms with van der Waals surface area (Å²) in [4.78, 5) is 10.3. The zero-order valence-electron chi connectivity index (χ0n) is 8.28. The Labute approximate surface area is 90.3 Å². The van der Waals surface area contributed by atoms with Crippen LogP contribution in [-0.2, 0) is 4.79 Å². The normalized spacial score (nSPS) is 12.4. The predicted octanol–water partition coefficient (Wildman–Crippen LogP) is 1.54. The Morgan fingerprint density at radius 3 is 2.62 bits per heavy atom. The number of phenols is 1. The molecule has 1 atom stereocenters. The average Bonchev–Trinajstić information content (AvgIpc) is 2.21. The highest BCUT2D eigenvalue weighted by Crippen LogP contribution is 2.29. The molecule has 0 amide bonds. The average molecular weight is 231 g/mol. The molecule has 0 aliphatic carbocycles. The first kappa shape index (κ1) is 12.4. The molecule has 0 spiro atoms. The van der Waals surface area contributed by atoms with Crippen LogP contribution >= 0.6 is 0 Å². The number of aromatic hydroxyl groups is 1. The first-order chi connectivity index (χ1) is 7.43. The molecular formula is C10H11F2NO3. The summed E-state index contributed by atoms with van der Waals surface area (Å²) in [6, 6.07) is 0.707. The number of carboxylic acids is 1. The van der Waals surface area contributed by atoms with Gasteiger partial charge in [-0.25, -0.2) is 8.78 Å². The predicted molar refractivity (Wildman–Crippen MR) is 51.8 cm³/mol. The van der Waals surface area contributed by atoms with E-state index in [0.717, 1.165) is 12.1 Å². The number of aliphatic carboxylic acids is 1. The summed E-state index contributed by atoms with van der Waals surface area (Å²) < 4.78 is 26.1. The second kappa shape index (κ2) is 4.89. The second-order valence-corrected chi connectivity index (χ2v) is 3.33. The van der Waals surface area contributed by atoms with Gasteiger partial charge in [-0.15, -0.1) is 0 Å². The number of halogens is 2. The summed E-state index contributed by atoms with van der Waals surface area (Å²) in [5, 5.41) is 17.7. The summed E-state index contributed by atoms with van der Waals surface area (Å²) in [6.45, 7) is 0. The fourth-order valence-electron chi connectivity index (χ4n) is 1.33. The molecule has 0 aliphatic heterocycles. The quantitative estimate of drug-likeness (QED) is 0.733. The van der Waals surface area contributed by atoms with Gasteiger partial charge >= 0.3 is 5.97 Å². The van der Waals surface area contributed by atoms with Gasteiger partial charge in [-0.1, -0.05) is 0 Å². The highest BCUT2D eigenvalue weighted by atomic mass is 19.2. The lowest BCUT2D eigenvalue weighted by atomic mass is 10.0. The number of phenolic OH excluding ortho intramolecular Hbond substituents is 1. The van der Waals surface area contributed by atoms with Crippen molar-refractivity contribution in [3.8, 4) is 5.75 Å². The van der Waals surface area contributed by atoms with E-state index in [9.17, 15) is 18.7 Å². The minimum absolute atomic E-state index is 0.0801. The topological polar surface area (TPSA) is 83.6 Å². The fraction of sp³-hybridized carbons (Fsp3) is 0.300. The molecule has 0 bridgehead atoms. The Bertz CT molecular complexity index is 409. The monoisotopic (exact) mass is 231 g/mol. The van der Waals surface area contributed by atoms with E-state index in [-0.39, 0.29) is 18.4 Å². The Kier molecular flexibility index (Phi) is 3.78. The zero-order valence-corrected chi connectivity index (χ0v) is 8.28. The Balaban J connectivity index is 2.94. The van der Waals surface area contributed by atoms with Crippen LogP contribution in [0.3, 0.4) is 0 Å². The number of hydrogen-bond acceptors (Lipinski definition) is 3. The van der Waals surface area contributed by atoms with Gasteiger partial charge in [-0.2, -0.15) is 0 Å². The second-order valence-electron chi connectivity index (χ2n) is 3.33. The third kappa shape index (κ3) is 2.66. The fourth-order valence-corrected chi connectivity index (χ4v) is 1.33. The van der Waals surface area contributed by atoms with Crippen molar-refractivity contribution in [1.29, 1.82) is 0 Å². The van der Waals surface area contributed by atoms with Crippen LogP contribution in [0, 0.1) is 11.6 Å². The molecular weight excluding hydrogens is 220 g/mol. The van der Waals surface area contributed by atoms with E-state index in [1.54, 1.807) is 0 Å². The van der Waals surface area contributed by atoms with Crippen LogP contribution in [-0.4, -0.2) is 16.2 Å². The number of hydrogen-bond donors (Lipinski definition) is 3. The first-order valence-electron chi connectivity index (χ1n) is 4.57. The number of rotatable bonds is 4. The Hall–Kier alpha value is -1.69. The molecule has 0 saturated heterocycles. The number of benzene rings is 1. The van der Waals surface area contributed by atoms with Crippen molar-refractivity contribution in [1.82, 2.24) is 0 Å². The lowest BCUT2D eigenvalue weighted by molar-refractivity contribution is -0.137. The van der Waals surface area contributed by atoms with Crippen LogP contribution in [0.15, 0.2) is 12.1 Å². The Morgan fingerprint density at radius 1 is 1.44 bits per heavy atom. The summed E-state index contributed by atoms with van der Waals surface area (Å²) in [6.07, 6.45) is -0.361. The molecule has 0 aliphatic rings. The Morgan fingerprint density at radius 2 is 2.06 bits per heavy atom. The zero-order chi connectivity index (χ0) is 12.3. The van der Waals surface area contributed by atoms with Gasteiger partial charge in [-0.3, -0.25) is 4.79 Å². The van der Waals surface area contributed by atoms with Crippen molar-refractivity contribution >= 4 is 5.97 Å². The van der Waals surface area contributed by atoms with E-state index in [2.05, 4.69) is 0 Å². The largest absolute Gasteiger partial charge is 0.507 e. The summed E-state index contributed by atoms with van der Waals surface area (Å²) >= 11 is 0. The standard InChI is InChI=1S/C10H11F2NO3/c11-5-1-3-7(14)9(10(5)12)6(13)2-4-8(15)16/h1,3,6,14H,2,4,13H2,(H,15,16). The minimum Gasteiger partial charge on any atom is -0.507 e. The van der Waals surface area contributed by atoms with Gasteiger partial charge in [0.05, 0.1) is 0 Å². The van der Waals surface area contributed by atoms with Gasteiger partial charge in [0, 0.05) is 18.0 Å². The van der Waals surface area contributed by atoms with E-state index >= 15 is 0 Å². The number of nitrogens with two attached hydrogens (primary N) is 1. The maximum absolute atomic E-state index is 13.3. The third-order valence-corrected chi connectivity index (χ3v) is 2.15. The SMILES string of the molecule is NC(CCC(=O)O)c1c(O)ccc(F)c1F. The van der Waals surface area contributed by atoms with E-state index in [1.165, 1.54) is 0 Å². The minimum atomic E-state index is -1.24. The van der Waals surface area contributed by atoms with Crippen molar-refractivity contribution in [2.24, 2.45) is 5.73 Å². The lowest BCUT2D eigenvalue weighted by Gasteiger charge is -2.13. The van der Waals surface area contributed by atoms with Crippen LogP contribution in [0.25, 0.3) is 0 Å². The van der Waals surface area contributed by atoms with Crippen molar-refractivity contribution in [3.63, 3.8) is 0 Å². The van der Waals surface area contributed by atoms with Crippen LogP contribution in [0.1, 0.15) is 24.4 Å². The van der Waals surface area contributed by atoms with Gasteiger partial charge in [0.1, 0.15) is 5.75 Å². The van der Waals surface area contributed by atoms with Crippen molar-refractivity contribution in [3.05, 3.63) is 29.3 Å². The molecule has 88 valence electrons. The number of carbonyl (C=O) groups is 1. The smallest absolute Gasteiger partial charge is 0.303 e. The van der Waals surface area contributed by atoms with Gasteiger partial charge < -0.3 is 15.9 Å². The molecule has 0 aromatic heterocycles. The highest BCUT2D eigenvalue weighted by Gasteiger charge is 2.20. The molecule has 16 heavy (non-hydrogen) atoms. The van der Waals surface area contributed by atoms with Gasteiger partial charge in [0.2, 0.25) is 0 Å². The van der Waals surface area contributed by atoms with Crippen molar-refractivity contribution < 1.29 is 23.8 Å². The molecule has 0 radical (unpaired) electrons. The van der Waals surface area contributed by atoms with Crippen LogP contribution in [0.2, 0.25) is 0 Å². The van der Waals surface area contributed by atoms with E-state index < -0.39 is 29.4 Å². The molecule has 1 aromatic carbocycles. The maximum atomic E-state index is 13.3. The van der Waals surface area contributed by atoms with E-state index in [4.69, 9.17) is 10.8 Å². The van der Waals surface area contributed by atoms with Crippen molar-refractivity contribution in [2.75, 3.05) is 0 Å². The van der Waals surface area contributed by atoms with Crippen molar-refractivity contribution in [2.45, 2.75) is 18.9 Å². The number of carboxylic acid groups (broad SMARTS) is 1. The molecule has 6 heteroatoms. The van der Waals surface area contributed by atoms with E-state index in [1.807, 2.05) is 0 Å². The molecule has 0 heterocycles. The summed E-state index contributed by atoms with van der Waals surface area (Å²) in [7, 11) is 0. The molecule has 1 aromatic rings.